The van der Waals surface area contributed by atoms with Crippen molar-refractivity contribution in [2.45, 2.75) is 11.1 Å². The molecule has 0 saturated heterocycles. The summed E-state index contributed by atoms with van der Waals surface area (Å²) in [6.45, 7) is 0. The molecular formula is C11H8F3NO2S. The summed E-state index contributed by atoms with van der Waals surface area (Å²) >= 11 is 0. The van der Waals surface area contributed by atoms with Gasteiger partial charge in [-0.05, 0) is 18.2 Å². The average Bonchev–Trinajstić information content (AvgIpc) is 2.79. The predicted octanol–water partition coefficient (Wildman–Crippen LogP) is 2.74. The number of hydrogen-bond donors (Lipinski definition) is 0. The molecule has 3 nitrogen and oxygen atoms in total. The van der Waals surface area contributed by atoms with Gasteiger partial charge in [0.2, 0.25) is 0 Å². The van der Waals surface area contributed by atoms with Crippen LogP contribution in [-0.2, 0) is 16.2 Å². The molecule has 0 N–H and O–H groups in total. The Labute approximate surface area is 102 Å². The molecule has 0 radical (unpaired) electrons. The lowest BCUT2D eigenvalue weighted by molar-refractivity contribution is -0.137. The van der Waals surface area contributed by atoms with Gasteiger partial charge in [-0.2, -0.15) is 13.2 Å². The normalized spacial score (nSPS) is 12.6. The summed E-state index contributed by atoms with van der Waals surface area (Å²) in [4.78, 5) is -0.0608. The molecule has 2 aromatic rings. The fourth-order valence-electron chi connectivity index (χ4n) is 1.41. The van der Waals surface area contributed by atoms with E-state index in [2.05, 4.69) is 0 Å². The van der Waals surface area contributed by atoms with Gasteiger partial charge in [0.25, 0.3) is 10.0 Å². The number of halogens is 3. The first-order valence-electron chi connectivity index (χ1n) is 4.87. The lowest BCUT2D eigenvalue weighted by atomic mass is 10.3. The highest BCUT2D eigenvalue weighted by Gasteiger charge is 2.32. The van der Waals surface area contributed by atoms with Crippen molar-refractivity contribution in [3.8, 4) is 0 Å². The fourth-order valence-corrected chi connectivity index (χ4v) is 2.63. The molecular weight excluding hydrogens is 267 g/mol. The number of rotatable bonds is 2. The zero-order valence-electron chi connectivity index (χ0n) is 8.92. The minimum absolute atomic E-state index is 0.0608. The van der Waals surface area contributed by atoms with Crippen LogP contribution in [0.2, 0.25) is 0 Å². The Kier molecular flexibility index (Phi) is 2.94. The molecule has 18 heavy (non-hydrogen) atoms. The molecule has 0 aliphatic rings. The molecule has 0 fully saturated rings. The minimum Gasteiger partial charge on any atom is -0.248 e. The molecule has 0 unspecified atom stereocenters. The van der Waals surface area contributed by atoms with Gasteiger partial charge in [-0.3, -0.25) is 0 Å². The van der Waals surface area contributed by atoms with Crippen LogP contribution < -0.4 is 0 Å². The largest absolute Gasteiger partial charge is 0.417 e. The molecule has 0 aliphatic carbocycles. The van der Waals surface area contributed by atoms with Gasteiger partial charge in [0.15, 0.2) is 0 Å². The van der Waals surface area contributed by atoms with Crippen LogP contribution in [0.25, 0.3) is 0 Å². The smallest absolute Gasteiger partial charge is 0.248 e. The van der Waals surface area contributed by atoms with E-state index in [0.717, 1.165) is 12.3 Å². The molecule has 0 amide bonds. The summed E-state index contributed by atoms with van der Waals surface area (Å²) in [5.74, 6) is 0. The van der Waals surface area contributed by atoms with E-state index in [1.165, 1.54) is 24.3 Å². The van der Waals surface area contributed by atoms with E-state index >= 15 is 0 Å². The number of nitrogens with zero attached hydrogens (tertiary/aromatic N) is 1. The van der Waals surface area contributed by atoms with Crippen LogP contribution >= 0.6 is 0 Å². The summed E-state index contributed by atoms with van der Waals surface area (Å²) in [7, 11) is -3.96. The van der Waals surface area contributed by atoms with E-state index < -0.39 is 21.8 Å². The van der Waals surface area contributed by atoms with E-state index in [-0.39, 0.29) is 4.90 Å². The molecule has 7 heteroatoms. The van der Waals surface area contributed by atoms with Crippen molar-refractivity contribution in [3.63, 3.8) is 0 Å². The van der Waals surface area contributed by atoms with Crippen molar-refractivity contribution in [1.82, 2.24) is 3.97 Å². The van der Waals surface area contributed by atoms with Crippen molar-refractivity contribution in [3.05, 3.63) is 54.4 Å². The van der Waals surface area contributed by atoms with E-state index in [0.29, 0.717) is 10.2 Å². The molecule has 1 aromatic carbocycles. The van der Waals surface area contributed by atoms with E-state index in [9.17, 15) is 21.6 Å². The summed E-state index contributed by atoms with van der Waals surface area (Å²) in [6, 6.07) is 7.99. The van der Waals surface area contributed by atoms with Gasteiger partial charge in [-0.1, -0.05) is 18.2 Å². The van der Waals surface area contributed by atoms with Crippen LogP contribution in [0.1, 0.15) is 5.56 Å². The van der Waals surface area contributed by atoms with E-state index in [4.69, 9.17) is 0 Å². The van der Waals surface area contributed by atoms with Gasteiger partial charge in [-0.15, -0.1) is 0 Å². The maximum Gasteiger partial charge on any atom is 0.417 e. The molecule has 0 saturated carbocycles. The monoisotopic (exact) mass is 275 g/mol. The van der Waals surface area contributed by atoms with Crippen LogP contribution in [0.4, 0.5) is 13.2 Å². The van der Waals surface area contributed by atoms with E-state index in [1.54, 1.807) is 6.07 Å². The second-order valence-electron chi connectivity index (χ2n) is 3.55. The third-order valence-electron chi connectivity index (χ3n) is 2.31. The standard InChI is InChI=1S/C11H8F3NO2S/c12-11(13,14)9-6-7-15(8-9)18(16,17)10-4-2-1-3-5-10/h1-8H. The highest BCUT2D eigenvalue weighted by atomic mass is 32.2. The van der Waals surface area contributed by atoms with E-state index in [1.807, 2.05) is 0 Å². The van der Waals surface area contributed by atoms with Crippen LogP contribution in [-0.4, -0.2) is 12.4 Å². The van der Waals surface area contributed by atoms with Gasteiger partial charge >= 0.3 is 6.18 Å². The lowest BCUT2D eigenvalue weighted by Crippen LogP contribution is -2.11. The zero-order chi connectivity index (χ0) is 13.4. The Morgan fingerprint density at radius 1 is 1.00 bits per heavy atom. The van der Waals surface area contributed by atoms with Crippen LogP contribution in [0, 0.1) is 0 Å². The van der Waals surface area contributed by atoms with Gasteiger partial charge < -0.3 is 0 Å². The third-order valence-corrected chi connectivity index (χ3v) is 3.96. The Morgan fingerprint density at radius 3 is 2.11 bits per heavy atom. The van der Waals surface area contributed by atoms with Crippen LogP contribution in [0.5, 0.6) is 0 Å². The third kappa shape index (κ3) is 2.26. The quantitative estimate of drug-likeness (QED) is 0.845. The predicted molar refractivity (Wildman–Crippen MR) is 58.5 cm³/mol. The molecule has 0 spiro atoms. The maximum atomic E-state index is 12.4. The highest BCUT2D eigenvalue weighted by molar-refractivity contribution is 7.90. The summed E-state index contributed by atoms with van der Waals surface area (Å²) < 4.78 is 61.7. The molecule has 0 aliphatic heterocycles. The van der Waals surface area contributed by atoms with Crippen molar-refractivity contribution in [1.29, 1.82) is 0 Å². The summed E-state index contributed by atoms with van der Waals surface area (Å²) in [5.41, 5.74) is -0.998. The first-order valence-corrected chi connectivity index (χ1v) is 6.31. The molecule has 0 atom stereocenters. The highest BCUT2D eigenvalue weighted by Crippen LogP contribution is 2.30. The first kappa shape index (κ1) is 12.7. The molecule has 1 aromatic heterocycles. The Hall–Kier alpha value is -1.76. The molecule has 0 bridgehead atoms. The molecule has 1 heterocycles. The van der Waals surface area contributed by atoms with Gasteiger partial charge in [0, 0.05) is 12.4 Å². The number of benzene rings is 1. The Balaban J connectivity index is 2.47. The fraction of sp³-hybridized carbons (Fsp3) is 0.0909. The van der Waals surface area contributed by atoms with Gasteiger partial charge in [0.05, 0.1) is 10.5 Å². The maximum absolute atomic E-state index is 12.4. The summed E-state index contributed by atoms with van der Waals surface area (Å²) in [6.07, 6.45) is -3.12. The topological polar surface area (TPSA) is 39.1 Å². The number of alkyl halides is 3. The average molecular weight is 275 g/mol. The van der Waals surface area contributed by atoms with Crippen LogP contribution in [0.15, 0.2) is 53.7 Å². The SMILES string of the molecule is O=S(=O)(c1ccccc1)n1ccc(C(F)(F)F)c1. The molecule has 2 rings (SSSR count). The van der Waals surface area contributed by atoms with Crippen LogP contribution in [0.3, 0.4) is 0 Å². The number of hydrogen-bond acceptors (Lipinski definition) is 2. The van der Waals surface area contributed by atoms with Crippen molar-refractivity contribution >= 4 is 10.0 Å². The van der Waals surface area contributed by atoms with Crippen molar-refractivity contribution < 1.29 is 21.6 Å². The van der Waals surface area contributed by atoms with Crippen molar-refractivity contribution in [2.24, 2.45) is 0 Å². The summed E-state index contributed by atoms with van der Waals surface area (Å²) in [5, 5.41) is 0. The Morgan fingerprint density at radius 2 is 1.61 bits per heavy atom. The second-order valence-corrected chi connectivity index (χ2v) is 5.39. The van der Waals surface area contributed by atoms with Gasteiger partial charge in [0.1, 0.15) is 0 Å². The number of aromatic nitrogens is 1. The minimum atomic E-state index is -4.56. The molecule has 96 valence electrons. The lowest BCUT2D eigenvalue weighted by Gasteiger charge is -2.05. The Bertz CT molecular complexity index is 644. The first-order chi connectivity index (χ1) is 8.32. The van der Waals surface area contributed by atoms with Gasteiger partial charge in [-0.25, -0.2) is 12.4 Å². The van der Waals surface area contributed by atoms with Crippen molar-refractivity contribution in [2.75, 3.05) is 0 Å². The zero-order valence-corrected chi connectivity index (χ0v) is 9.74. The second kappa shape index (κ2) is 4.16.